The van der Waals surface area contributed by atoms with Crippen LogP contribution in [0.15, 0.2) is 54.6 Å². The van der Waals surface area contributed by atoms with Crippen molar-refractivity contribution in [3.8, 4) is 17.2 Å². The lowest BCUT2D eigenvalue weighted by molar-refractivity contribution is -0.147. The number of hydrogen-bond donors (Lipinski definition) is 1. The summed E-state index contributed by atoms with van der Waals surface area (Å²) in [4.78, 5) is 24.1. The Kier molecular flexibility index (Phi) is 7.80. The molecule has 1 aromatic heterocycles. The molecule has 0 atom stereocenters. The quantitative estimate of drug-likeness (QED) is 0.483. The second-order valence-electron chi connectivity index (χ2n) is 6.77. The third-order valence-corrected chi connectivity index (χ3v) is 4.24. The number of halogens is 1. The van der Waals surface area contributed by atoms with Crippen molar-refractivity contribution >= 4 is 17.7 Å². The standard InChI is InChI=1S/C23H24FN3O5/c1-3-30-19-8-10-20(11-9-19)31-13-12-23(29)32-15-22(28)25-21-14-16(2)26-27(21)18-6-4-17(24)5-7-18/h4-11,14H,3,12-13,15H2,1-2H3,(H,25,28). The minimum Gasteiger partial charge on any atom is -0.494 e. The van der Waals surface area contributed by atoms with Gasteiger partial charge in [-0.3, -0.25) is 9.59 Å². The van der Waals surface area contributed by atoms with E-state index in [0.29, 0.717) is 29.6 Å². The van der Waals surface area contributed by atoms with Gasteiger partial charge in [-0.25, -0.2) is 9.07 Å². The van der Waals surface area contributed by atoms with Gasteiger partial charge in [0.1, 0.15) is 23.1 Å². The lowest BCUT2D eigenvalue weighted by Gasteiger charge is -2.10. The molecule has 1 heterocycles. The van der Waals surface area contributed by atoms with E-state index in [1.54, 1.807) is 49.4 Å². The number of ether oxygens (including phenoxy) is 3. The first-order valence-corrected chi connectivity index (χ1v) is 10.1. The lowest BCUT2D eigenvalue weighted by atomic mass is 10.3. The number of rotatable bonds is 10. The molecule has 3 aromatic rings. The molecule has 0 radical (unpaired) electrons. The number of nitrogens with zero attached hydrogens (tertiary/aromatic N) is 2. The molecule has 1 N–H and O–H groups in total. The van der Waals surface area contributed by atoms with E-state index in [1.807, 2.05) is 6.92 Å². The first kappa shape index (κ1) is 22.8. The van der Waals surface area contributed by atoms with Crippen LogP contribution in [0.5, 0.6) is 11.5 Å². The average molecular weight is 441 g/mol. The maximum absolute atomic E-state index is 13.2. The minimum atomic E-state index is -0.561. The fourth-order valence-electron chi connectivity index (χ4n) is 2.82. The van der Waals surface area contributed by atoms with Crippen molar-refractivity contribution in [3.63, 3.8) is 0 Å². The van der Waals surface area contributed by atoms with E-state index in [-0.39, 0.29) is 18.8 Å². The second kappa shape index (κ2) is 10.9. The Hall–Kier alpha value is -3.88. The van der Waals surface area contributed by atoms with E-state index in [4.69, 9.17) is 14.2 Å². The molecule has 3 rings (SSSR count). The maximum atomic E-state index is 13.2. The molecule has 0 aliphatic rings. The summed E-state index contributed by atoms with van der Waals surface area (Å²) in [7, 11) is 0. The van der Waals surface area contributed by atoms with Crippen molar-refractivity contribution in [2.45, 2.75) is 20.3 Å². The summed E-state index contributed by atoms with van der Waals surface area (Å²) < 4.78 is 30.5. The van der Waals surface area contributed by atoms with Gasteiger partial charge < -0.3 is 19.5 Å². The van der Waals surface area contributed by atoms with Gasteiger partial charge in [-0.1, -0.05) is 0 Å². The van der Waals surface area contributed by atoms with Gasteiger partial charge in [0.25, 0.3) is 5.91 Å². The summed E-state index contributed by atoms with van der Waals surface area (Å²) in [6.07, 6.45) is -0.00683. The van der Waals surface area contributed by atoms with Crippen LogP contribution in [0, 0.1) is 12.7 Å². The Morgan fingerprint density at radius 3 is 2.34 bits per heavy atom. The van der Waals surface area contributed by atoms with Crippen molar-refractivity contribution in [1.82, 2.24) is 9.78 Å². The van der Waals surface area contributed by atoms with Crippen molar-refractivity contribution in [2.24, 2.45) is 0 Å². The molecule has 0 unspecified atom stereocenters. The third kappa shape index (κ3) is 6.56. The number of benzene rings is 2. The van der Waals surface area contributed by atoms with Crippen LogP contribution in [0.4, 0.5) is 10.2 Å². The molecule has 8 nitrogen and oxygen atoms in total. The van der Waals surface area contributed by atoms with Crippen LogP contribution in [0.25, 0.3) is 5.69 Å². The van der Waals surface area contributed by atoms with E-state index in [9.17, 15) is 14.0 Å². The van der Waals surface area contributed by atoms with E-state index >= 15 is 0 Å². The van der Waals surface area contributed by atoms with Gasteiger partial charge in [0, 0.05) is 6.07 Å². The molecule has 0 saturated heterocycles. The first-order chi connectivity index (χ1) is 15.4. The summed E-state index contributed by atoms with van der Waals surface area (Å²) >= 11 is 0. The Balaban J connectivity index is 1.44. The zero-order valence-corrected chi connectivity index (χ0v) is 17.8. The van der Waals surface area contributed by atoms with Crippen molar-refractivity contribution in [2.75, 3.05) is 25.1 Å². The number of anilines is 1. The molecule has 0 aliphatic heterocycles. The minimum absolute atomic E-state index is 0.00683. The second-order valence-corrected chi connectivity index (χ2v) is 6.77. The normalized spacial score (nSPS) is 10.5. The molecule has 9 heteroatoms. The summed E-state index contributed by atoms with van der Waals surface area (Å²) in [6, 6.07) is 14.4. The summed E-state index contributed by atoms with van der Waals surface area (Å²) in [5.74, 6) is 0.267. The summed E-state index contributed by atoms with van der Waals surface area (Å²) in [6.45, 7) is 3.91. The van der Waals surface area contributed by atoms with Gasteiger partial charge in [-0.2, -0.15) is 5.10 Å². The molecular weight excluding hydrogens is 417 g/mol. The van der Waals surface area contributed by atoms with Crippen LogP contribution in [-0.4, -0.2) is 41.5 Å². The van der Waals surface area contributed by atoms with E-state index in [2.05, 4.69) is 10.4 Å². The highest BCUT2D eigenvalue weighted by molar-refractivity contribution is 5.92. The zero-order valence-electron chi connectivity index (χ0n) is 17.8. The number of aromatic nitrogens is 2. The zero-order chi connectivity index (χ0) is 22.9. The Morgan fingerprint density at radius 2 is 1.69 bits per heavy atom. The Bertz CT molecular complexity index is 1050. The highest BCUT2D eigenvalue weighted by atomic mass is 19.1. The average Bonchev–Trinajstić information content (AvgIpc) is 3.14. The van der Waals surface area contributed by atoms with Crippen molar-refractivity contribution in [3.05, 3.63) is 66.1 Å². The SMILES string of the molecule is CCOc1ccc(OCCC(=O)OCC(=O)Nc2cc(C)nn2-c2ccc(F)cc2)cc1. The first-order valence-electron chi connectivity index (χ1n) is 10.1. The van der Waals surface area contributed by atoms with E-state index in [0.717, 1.165) is 5.75 Å². The van der Waals surface area contributed by atoms with Gasteiger partial charge in [-0.05, 0) is 62.4 Å². The van der Waals surface area contributed by atoms with Crippen LogP contribution in [-0.2, 0) is 14.3 Å². The predicted octanol–water partition coefficient (Wildman–Crippen LogP) is 3.67. The molecule has 1 amide bonds. The number of aryl methyl sites for hydroxylation is 1. The van der Waals surface area contributed by atoms with Gasteiger partial charge in [0.2, 0.25) is 0 Å². The number of amides is 1. The van der Waals surface area contributed by atoms with Gasteiger partial charge in [-0.15, -0.1) is 0 Å². The molecule has 0 aliphatic carbocycles. The highest BCUT2D eigenvalue weighted by Gasteiger charge is 2.13. The highest BCUT2D eigenvalue weighted by Crippen LogP contribution is 2.18. The topological polar surface area (TPSA) is 91.7 Å². The van der Waals surface area contributed by atoms with Crippen LogP contribution >= 0.6 is 0 Å². The summed E-state index contributed by atoms with van der Waals surface area (Å²) in [5, 5.41) is 6.94. The van der Waals surface area contributed by atoms with Gasteiger partial charge >= 0.3 is 5.97 Å². The van der Waals surface area contributed by atoms with E-state index < -0.39 is 18.5 Å². The Morgan fingerprint density at radius 1 is 1.03 bits per heavy atom. The molecule has 2 aromatic carbocycles. The molecule has 32 heavy (non-hydrogen) atoms. The molecule has 0 fully saturated rings. The number of esters is 1. The molecular formula is C23H24FN3O5. The smallest absolute Gasteiger partial charge is 0.309 e. The number of carbonyl (C=O) groups excluding carboxylic acids is 2. The Labute approximate surface area is 184 Å². The number of nitrogens with one attached hydrogen (secondary N) is 1. The fraction of sp³-hybridized carbons (Fsp3) is 0.261. The fourth-order valence-corrected chi connectivity index (χ4v) is 2.82. The van der Waals surface area contributed by atoms with Crippen LogP contribution in [0.3, 0.4) is 0 Å². The van der Waals surface area contributed by atoms with E-state index in [1.165, 1.54) is 16.8 Å². The van der Waals surface area contributed by atoms with Crippen LogP contribution in [0.1, 0.15) is 19.0 Å². The maximum Gasteiger partial charge on any atom is 0.309 e. The van der Waals surface area contributed by atoms with Gasteiger partial charge in [0.05, 0.1) is 31.0 Å². The molecule has 168 valence electrons. The summed E-state index contributed by atoms with van der Waals surface area (Å²) in [5.41, 5.74) is 1.24. The lowest BCUT2D eigenvalue weighted by Crippen LogP contribution is -2.23. The van der Waals surface area contributed by atoms with Gasteiger partial charge in [0.15, 0.2) is 6.61 Å². The van der Waals surface area contributed by atoms with Crippen molar-refractivity contribution in [1.29, 1.82) is 0 Å². The number of hydrogen-bond acceptors (Lipinski definition) is 6. The number of carbonyl (C=O) groups is 2. The molecule has 0 bridgehead atoms. The monoisotopic (exact) mass is 441 g/mol. The third-order valence-electron chi connectivity index (χ3n) is 4.24. The van der Waals surface area contributed by atoms with Crippen LogP contribution in [0.2, 0.25) is 0 Å². The van der Waals surface area contributed by atoms with Crippen LogP contribution < -0.4 is 14.8 Å². The predicted molar refractivity (Wildman–Crippen MR) is 116 cm³/mol. The molecule has 0 spiro atoms. The largest absolute Gasteiger partial charge is 0.494 e. The van der Waals surface area contributed by atoms with Crippen molar-refractivity contribution < 1.29 is 28.2 Å². The molecule has 0 saturated carbocycles.